The van der Waals surface area contributed by atoms with E-state index in [-0.39, 0.29) is 18.3 Å². The number of carboxylic acids is 1. The Kier molecular flexibility index (Phi) is 12.9. The molecule has 0 radical (unpaired) electrons. The fraction of sp³-hybridized carbons (Fsp3) is 0.800. The minimum absolute atomic E-state index is 0.0673. The van der Waals surface area contributed by atoms with Crippen molar-refractivity contribution in [3.05, 3.63) is 0 Å². The smallest absolute Gasteiger partial charge is 0.326 e. The standard InChI is InChI=1S/C20H39N5O5/c1-11(2)10-15(18(27)23-14(20(29)30)8-6-7-9-21)24-19(28)16(12(3)4)25-17(26)13(5)22/h11-16H,6-10,21-22H2,1-5H3,(H,23,27)(H,24,28)(H,25,26)(H,29,30). The molecule has 4 unspecified atom stereocenters. The number of nitrogens with one attached hydrogen (secondary N) is 3. The van der Waals surface area contributed by atoms with Gasteiger partial charge in [0.2, 0.25) is 17.7 Å². The number of carbonyl (C=O) groups excluding carboxylic acids is 3. The van der Waals surface area contributed by atoms with Crippen molar-refractivity contribution in [2.24, 2.45) is 23.3 Å². The molecule has 0 heterocycles. The van der Waals surface area contributed by atoms with Crippen LogP contribution in [0.4, 0.5) is 0 Å². The molecule has 30 heavy (non-hydrogen) atoms. The summed E-state index contributed by atoms with van der Waals surface area (Å²) in [6, 6.07) is -3.64. The number of unbranched alkanes of at least 4 members (excludes halogenated alkanes) is 1. The third-order valence-corrected chi connectivity index (χ3v) is 4.56. The van der Waals surface area contributed by atoms with E-state index in [0.717, 1.165) is 0 Å². The Morgan fingerprint density at radius 2 is 1.40 bits per heavy atom. The van der Waals surface area contributed by atoms with Crippen LogP contribution in [0.1, 0.15) is 60.3 Å². The molecular formula is C20H39N5O5. The maximum atomic E-state index is 12.8. The van der Waals surface area contributed by atoms with Crippen molar-refractivity contribution in [3.63, 3.8) is 0 Å². The maximum absolute atomic E-state index is 12.8. The zero-order valence-electron chi connectivity index (χ0n) is 18.7. The van der Waals surface area contributed by atoms with Crippen LogP contribution in [0.15, 0.2) is 0 Å². The van der Waals surface area contributed by atoms with E-state index < -0.39 is 47.9 Å². The summed E-state index contributed by atoms with van der Waals surface area (Å²) in [4.78, 5) is 49.0. The molecule has 0 aliphatic carbocycles. The Hall–Kier alpha value is -2.20. The summed E-state index contributed by atoms with van der Waals surface area (Å²) in [5.74, 6) is -2.87. The predicted molar refractivity (Wildman–Crippen MR) is 114 cm³/mol. The summed E-state index contributed by atoms with van der Waals surface area (Å²) >= 11 is 0. The van der Waals surface area contributed by atoms with Crippen molar-refractivity contribution >= 4 is 23.7 Å². The Labute approximate surface area is 178 Å². The van der Waals surface area contributed by atoms with Crippen molar-refractivity contribution in [1.29, 1.82) is 0 Å². The summed E-state index contributed by atoms with van der Waals surface area (Å²) in [7, 11) is 0. The summed E-state index contributed by atoms with van der Waals surface area (Å²) in [5, 5.41) is 17.2. The van der Waals surface area contributed by atoms with Crippen LogP contribution >= 0.6 is 0 Å². The molecule has 0 spiro atoms. The molecule has 0 aliphatic heterocycles. The third-order valence-electron chi connectivity index (χ3n) is 4.56. The van der Waals surface area contributed by atoms with E-state index in [0.29, 0.717) is 25.8 Å². The fourth-order valence-electron chi connectivity index (χ4n) is 2.81. The van der Waals surface area contributed by atoms with E-state index in [9.17, 15) is 24.3 Å². The average molecular weight is 430 g/mol. The quantitative estimate of drug-likeness (QED) is 0.205. The van der Waals surface area contributed by atoms with E-state index in [1.165, 1.54) is 6.92 Å². The average Bonchev–Trinajstić information content (AvgIpc) is 2.63. The molecule has 0 rings (SSSR count). The van der Waals surface area contributed by atoms with Crippen LogP contribution in [0.25, 0.3) is 0 Å². The van der Waals surface area contributed by atoms with Crippen LogP contribution in [-0.2, 0) is 19.2 Å². The molecule has 8 N–H and O–H groups in total. The molecule has 174 valence electrons. The van der Waals surface area contributed by atoms with E-state index >= 15 is 0 Å². The van der Waals surface area contributed by atoms with Gasteiger partial charge in [-0.05, 0) is 51.0 Å². The van der Waals surface area contributed by atoms with Gasteiger partial charge in [0.1, 0.15) is 18.1 Å². The van der Waals surface area contributed by atoms with Crippen LogP contribution in [0, 0.1) is 11.8 Å². The van der Waals surface area contributed by atoms with Crippen molar-refractivity contribution in [2.75, 3.05) is 6.54 Å². The highest BCUT2D eigenvalue weighted by atomic mass is 16.4. The first-order valence-electron chi connectivity index (χ1n) is 10.5. The zero-order valence-corrected chi connectivity index (χ0v) is 18.7. The Bertz CT molecular complexity index is 580. The first-order valence-corrected chi connectivity index (χ1v) is 10.5. The maximum Gasteiger partial charge on any atom is 0.326 e. The Morgan fingerprint density at radius 3 is 1.83 bits per heavy atom. The van der Waals surface area contributed by atoms with Crippen molar-refractivity contribution < 1.29 is 24.3 Å². The van der Waals surface area contributed by atoms with Gasteiger partial charge in [-0.3, -0.25) is 14.4 Å². The van der Waals surface area contributed by atoms with E-state index in [4.69, 9.17) is 11.5 Å². The van der Waals surface area contributed by atoms with Crippen LogP contribution in [0.5, 0.6) is 0 Å². The third kappa shape index (κ3) is 10.5. The molecule has 3 amide bonds. The summed E-state index contributed by atoms with van der Waals surface area (Å²) in [5.41, 5.74) is 11.0. The molecule has 0 aromatic heterocycles. The molecule has 0 fully saturated rings. The molecule has 0 aliphatic rings. The summed E-state index contributed by atoms with van der Waals surface area (Å²) in [6.07, 6.45) is 1.78. The molecule has 0 saturated heterocycles. The molecule has 10 heteroatoms. The van der Waals surface area contributed by atoms with Gasteiger partial charge in [0.15, 0.2) is 0 Å². The number of hydrogen-bond acceptors (Lipinski definition) is 6. The van der Waals surface area contributed by atoms with Gasteiger partial charge in [0.05, 0.1) is 6.04 Å². The van der Waals surface area contributed by atoms with Gasteiger partial charge in [-0.2, -0.15) is 0 Å². The second-order valence-corrected chi connectivity index (χ2v) is 8.39. The largest absolute Gasteiger partial charge is 0.480 e. The van der Waals surface area contributed by atoms with Gasteiger partial charge < -0.3 is 32.5 Å². The summed E-state index contributed by atoms with van der Waals surface area (Å²) < 4.78 is 0. The van der Waals surface area contributed by atoms with Crippen LogP contribution in [0.2, 0.25) is 0 Å². The highest BCUT2D eigenvalue weighted by molar-refractivity contribution is 5.94. The highest BCUT2D eigenvalue weighted by Gasteiger charge is 2.31. The predicted octanol–water partition coefficient (Wildman–Crippen LogP) is -0.296. The molecule has 0 aromatic rings. The SMILES string of the molecule is CC(C)CC(NC(=O)C(NC(=O)C(C)N)C(C)C)C(=O)NC(CCCCN)C(=O)O. The lowest BCUT2D eigenvalue weighted by Crippen LogP contribution is -2.58. The highest BCUT2D eigenvalue weighted by Crippen LogP contribution is 2.09. The number of hydrogen-bond donors (Lipinski definition) is 6. The lowest BCUT2D eigenvalue weighted by Gasteiger charge is -2.27. The number of nitrogens with two attached hydrogens (primary N) is 2. The first-order chi connectivity index (χ1) is 13.9. The molecule has 0 saturated carbocycles. The van der Waals surface area contributed by atoms with Crippen LogP contribution in [-0.4, -0.2) is 59.5 Å². The summed E-state index contributed by atoms with van der Waals surface area (Å²) in [6.45, 7) is 9.26. The van der Waals surface area contributed by atoms with Gasteiger partial charge in [-0.15, -0.1) is 0 Å². The van der Waals surface area contributed by atoms with Gasteiger partial charge in [0.25, 0.3) is 0 Å². The molecule has 4 atom stereocenters. The topological polar surface area (TPSA) is 177 Å². The van der Waals surface area contributed by atoms with Crippen LogP contribution in [0.3, 0.4) is 0 Å². The zero-order chi connectivity index (χ0) is 23.4. The number of aliphatic carboxylic acids is 1. The number of carboxylic acid groups (broad SMARTS) is 1. The van der Waals surface area contributed by atoms with Gasteiger partial charge >= 0.3 is 5.97 Å². The van der Waals surface area contributed by atoms with E-state index in [1.54, 1.807) is 13.8 Å². The van der Waals surface area contributed by atoms with E-state index in [2.05, 4.69) is 16.0 Å². The number of amides is 3. The van der Waals surface area contributed by atoms with Gasteiger partial charge in [-0.1, -0.05) is 27.7 Å². The monoisotopic (exact) mass is 429 g/mol. The van der Waals surface area contributed by atoms with Crippen molar-refractivity contribution in [2.45, 2.75) is 84.5 Å². The minimum Gasteiger partial charge on any atom is -0.480 e. The van der Waals surface area contributed by atoms with E-state index in [1.807, 2.05) is 13.8 Å². The van der Waals surface area contributed by atoms with Crippen LogP contribution < -0.4 is 27.4 Å². The minimum atomic E-state index is -1.14. The van der Waals surface area contributed by atoms with Crippen molar-refractivity contribution in [3.8, 4) is 0 Å². The lowest BCUT2D eigenvalue weighted by molar-refractivity contribution is -0.142. The molecule has 0 bridgehead atoms. The lowest BCUT2D eigenvalue weighted by atomic mass is 9.99. The number of carbonyl (C=O) groups is 4. The Morgan fingerprint density at radius 1 is 0.833 bits per heavy atom. The van der Waals surface area contributed by atoms with Gasteiger partial charge in [-0.25, -0.2) is 4.79 Å². The molecule has 10 nitrogen and oxygen atoms in total. The number of rotatable bonds is 14. The fourth-order valence-corrected chi connectivity index (χ4v) is 2.81. The molecular weight excluding hydrogens is 390 g/mol. The molecule has 0 aromatic carbocycles. The first kappa shape index (κ1) is 27.8. The van der Waals surface area contributed by atoms with Gasteiger partial charge in [0, 0.05) is 0 Å². The van der Waals surface area contributed by atoms with Crippen molar-refractivity contribution in [1.82, 2.24) is 16.0 Å². The second-order valence-electron chi connectivity index (χ2n) is 8.39. The second kappa shape index (κ2) is 13.9. The Balaban J connectivity index is 5.31. The normalized spacial score (nSPS) is 15.2.